The molecule has 0 saturated heterocycles. The Morgan fingerprint density at radius 1 is 0.538 bits per heavy atom. The van der Waals surface area contributed by atoms with Crippen LogP contribution in [0.4, 0.5) is 0 Å². The predicted octanol–water partition coefficient (Wildman–Crippen LogP) is -5.20. The number of unbranched alkanes of at least 4 members (excludes halogenated alkanes) is 2. The predicted molar refractivity (Wildman–Crippen MR) is 143 cm³/mol. The molecule has 0 aromatic rings. The van der Waals surface area contributed by atoms with Gasteiger partial charge in [-0.25, -0.2) is 0 Å². The van der Waals surface area contributed by atoms with Crippen LogP contribution in [0.3, 0.4) is 0 Å². The van der Waals surface area contributed by atoms with Crippen molar-refractivity contribution in [2.75, 3.05) is 0 Å². The molecule has 22 radical (unpaired) electrons. The summed E-state index contributed by atoms with van der Waals surface area (Å²) in [6, 6.07) is 0. The van der Waals surface area contributed by atoms with Crippen molar-refractivity contribution in [3.63, 3.8) is 0 Å². The van der Waals surface area contributed by atoms with Crippen LogP contribution in [0.15, 0.2) is 0 Å². The van der Waals surface area contributed by atoms with E-state index in [0.29, 0.717) is 5.72 Å². The van der Waals surface area contributed by atoms with Gasteiger partial charge in [0.05, 0.1) is 0 Å². The van der Waals surface area contributed by atoms with Gasteiger partial charge in [-0.1, -0.05) is 32.6 Å². The minimum atomic E-state index is 0.460. The van der Waals surface area contributed by atoms with Crippen LogP contribution >= 0.6 is 0 Å². The highest BCUT2D eigenvalue weighted by molar-refractivity contribution is 7.70. The summed E-state index contributed by atoms with van der Waals surface area (Å²) in [6.45, 7) is 2.23. The molecule has 0 aliphatic rings. The first-order valence-electron chi connectivity index (χ1n) is 9.28. The Morgan fingerprint density at radius 3 is 1.31 bits per heavy atom. The average molecular weight is 300 g/mol. The molecule has 0 saturated carbocycles. The number of rotatable bonds is 22. The Morgan fingerprint density at radius 2 is 0.923 bits per heavy atom. The summed E-state index contributed by atoms with van der Waals surface area (Å²) in [6.07, 6.45) is 4.96. The third-order valence-electron chi connectivity index (χ3n) is 3.41. The first-order chi connectivity index (χ1) is 12.8. The summed E-state index contributed by atoms with van der Waals surface area (Å²) in [5.41, 5.74) is 0.460. The van der Waals surface area contributed by atoms with Gasteiger partial charge < -0.3 is 0 Å². The van der Waals surface area contributed by atoms with Gasteiger partial charge in [0.2, 0.25) is 0 Å². The van der Waals surface area contributed by atoms with E-state index in [-0.39, 0.29) is 0 Å². The van der Waals surface area contributed by atoms with Gasteiger partial charge in [-0.3, -0.25) is 0 Å². The lowest BCUT2D eigenvalue weighted by Gasteiger charge is -2.15. The lowest BCUT2D eigenvalue weighted by molar-refractivity contribution is 0.688. The van der Waals surface area contributed by atoms with E-state index in [1.54, 1.807) is 14.1 Å². The van der Waals surface area contributed by atoms with Crippen molar-refractivity contribution >= 4 is 143 Å². The molecule has 0 aliphatic heterocycles. The Labute approximate surface area is 180 Å². The SMILES string of the molecule is [B][B][B][B][B][B][B][B][B][B]C([B][B][B][B][B][B][B][B][B][B])CCCCC. The molecule has 0 atom stereocenters. The molecule has 0 aromatic carbocycles. The van der Waals surface area contributed by atoms with Crippen LogP contribution in [0.2, 0.25) is 5.72 Å². The van der Waals surface area contributed by atoms with E-state index in [2.05, 4.69) is 49.5 Å². The molecule has 0 bridgehead atoms. The number of hydrogen-bond donors (Lipinski definition) is 0. The number of hydrogen-bond acceptors (Lipinski definition) is 0. The average Bonchev–Trinajstić information content (AvgIpc) is 2.65. The molecule has 96 valence electrons. The van der Waals surface area contributed by atoms with Gasteiger partial charge in [-0.05, 0) is 0 Å². The Balaban J connectivity index is 3.63. The van der Waals surface area contributed by atoms with E-state index in [9.17, 15) is 0 Å². The second-order valence-corrected chi connectivity index (χ2v) is 5.62. The molecular formula is C6H12B20. The van der Waals surface area contributed by atoms with Crippen LogP contribution in [0.25, 0.3) is 0 Å². The van der Waals surface area contributed by atoms with Crippen LogP contribution in [0.5, 0.6) is 0 Å². The first kappa shape index (κ1) is 27.3. The summed E-state index contributed by atoms with van der Waals surface area (Å²) in [4.78, 5) is 0. The topological polar surface area (TPSA) is 0 Å². The molecule has 0 aromatic heterocycles. The maximum Gasteiger partial charge on any atom is 0.0473 e. The van der Waals surface area contributed by atoms with Gasteiger partial charge in [0.25, 0.3) is 0 Å². The van der Waals surface area contributed by atoms with Gasteiger partial charge in [0.15, 0.2) is 0 Å². The molecule has 20 heteroatoms. The van der Waals surface area contributed by atoms with Crippen LogP contribution in [-0.2, 0) is 0 Å². The molecule has 0 fully saturated rings. The zero-order valence-corrected chi connectivity index (χ0v) is 16.0. The quantitative estimate of drug-likeness (QED) is 0.139. The fraction of sp³-hybridized carbons (Fsp3) is 1.00. The molecule has 26 heavy (non-hydrogen) atoms. The maximum absolute atomic E-state index is 5.26. The molecule has 0 heterocycles. The molecule has 0 unspecified atom stereocenters. The van der Waals surface area contributed by atoms with Gasteiger partial charge in [-0.15, -0.1) is 5.72 Å². The Bertz CT molecular complexity index is 232. The maximum atomic E-state index is 5.26. The fourth-order valence-electron chi connectivity index (χ4n) is 2.07. The summed E-state index contributed by atoms with van der Waals surface area (Å²) in [5, 5.41) is 0. The highest BCUT2D eigenvalue weighted by Gasteiger charge is 2.11. The van der Waals surface area contributed by atoms with Crippen LogP contribution in [0, 0.1) is 0 Å². The lowest BCUT2D eigenvalue weighted by atomic mass is 8.87. The molecular weight excluding hydrogens is 288 g/mol. The van der Waals surface area contributed by atoms with Crippen molar-refractivity contribution in [1.29, 1.82) is 0 Å². The van der Waals surface area contributed by atoms with Crippen LogP contribution < -0.4 is 0 Å². The molecule has 0 amide bonds. The second kappa shape index (κ2) is 24.3. The fourth-order valence-corrected chi connectivity index (χ4v) is 2.07. The van der Waals surface area contributed by atoms with Crippen LogP contribution in [-0.4, -0.2) is 143 Å². The van der Waals surface area contributed by atoms with Gasteiger partial charge in [-0.2, -0.15) is 0 Å². The zero-order valence-electron chi connectivity index (χ0n) is 16.0. The van der Waals surface area contributed by atoms with E-state index in [1.165, 1.54) is 39.8 Å². The molecule has 0 nitrogen and oxygen atoms in total. The summed E-state index contributed by atoms with van der Waals surface area (Å²) >= 11 is 0. The van der Waals surface area contributed by atoms with E-state index in [4.69, 9.17) is 15.5 Å². The largest absolute Gasteiger partial charge is 0.111 e. The lowest BCUT2D eigenvalue weighted by Crippen LogP contribution is -2.35. The molecule has 0 N–H and O–H groups in total. The van der Waals surface area contributed by atoms with Crippen LogP contribution in [0.1, 0.15) is 32.6 Å². The molecule has 0 aliphatic carbocycles. The normalized spacial score (nSPS) is 8.69. The van der Waals surface area contributed by atoms with Gasteiger partial charge in [0, 0.05) is 143 Å². The molecule has 0 rings (SSSR count). The van der Waals surface area contributed by atoms with Crippen molar-refractivity contribution < 1.29 is 0 Å². The van der Waals surface area contributed by atoms with Crippen molar-refractivity contribution in [2.45, 2.75) is 38.3 Å². The Hall–Kier alpha value is 1.30. The van der Waals surface area contributed by atoms with Crippen molar-refractivity contribution in [3.8, 4) is 0 Å². The van der Waals surface area contributed by atoms with E-state index >= 15 is 0 Å². The van der Waals surface area contributed by atoms with E-state index in [0.717, 1.165) is 0 Å². The van der Waals surface area contributed by atoms with E-state index < -0.39 is 0 Å². The first-order valence-corrected chi connectivity index (χ1v) is 9.28. The van der Waals surface area contributed by atoms with Crippen molar-refractivity contribution in [3.05, 3.63) is 0 Å². The monoisotopic (exact) mass is 304 g/mol. The van der Waals surface area contributed by atoms with Crippen molar-refractivity contribution in [1.82, 2.24) is 0 Å². The summed E-state index contributed by atoms with van der Waals surface area (Å²) in [5.74, 6) is 0. The Kier molecular flexibility index (Phi) is 25.6. The minimum absolute atomic E-state index is 0.460. The summed E-state index contributed by atoms with van der Waals surface area (Å²) in [7, 11) is 45.7. The van der Waals surface area contributed by atoms with E-state index in [1.807, 2.05) is 56.5 Å². The van der Waals surface area contributed by atoms with Gasteiger partial charge >= 0.3 is 0 Å². The minimum Gasteiger partial charge on any atom is -0.111 e. The standard InChI is InChI=1S/C6H12B20/c1-2-3-4-5-6(9-13-17-21-25-23-19-15-11-7)10-14-18-22-26-24-20-16-12-8/h6H,2-5H2,1H3. The highest BCUT2D eigenvalue weighted by Crippen LogP contribution is 2.12. The van der Waals surface area contributed by atoms with Gasteiger partial charge in [0.1, 0.15) is 0 Å². The smallest absolute Gasteiger partial charge is 0.0473 e. The second-order valence-electron chi connectivity index (χ2n) is 5.62. The summed E-state index contributed by atoms with van der Waals surface area (Å²) < 4.78 is 0. The highest BCUT2D eigenvalue weighted by atomic mass is 13.9. The third kappa shape index (κ3) is 21.6. The third-order valence-corrected chi connectivity index (χ3v) is 3.41. The molecule has 0 spiro atoms. The zero-order chi connectivity index (χ0) is 19.1. The van der Waals surface area contributed by atoms with Crippen molar-refractivity contribution in [2.24, 2.45) is 0 Å².